The van der Waals surface area contributed by atoms with E-state index in [4.69, 9.17) is 10.5 Å². The molecule has 34 heavy (non-hydrogen) atoms. The molecule has 0 bridgehead atoms. The van der Waals surface area contributed by atoms with Crippen molar-refractivity contribution in [3.05, 3.63) is 89.7 Å². The summed E-state index contributed by atoms with van der Waals surface area (Å²) in [6, 6.07) is 19.8. The maximum absolute atomic E-state index is 10.5. The van der Waals surface area contributed by atoms with Crippen LogP contribution in [-0.2, 0) is 13.0 Å². The molecule has 0 unspecified atom stereocenters. The van der Waals surface area contributed by atoms with Gasteiger partial charge in [-0.15, -0.1) is 24.8 Å². The Morgan fingerprint density at radius 2 is 1.85 bits per heavy atom. The van der Waals surface area contributed by atoms with Gasteiger partial charge in [-0.05, 0) is 55.7 Å². The Hall–Kier alpha value is -2.77. The Morgan fingerprint density at radius 1 is 1.09 bits per heavy atom. The summed E-state index contributed by atoms with van der Waals surface area (Å²) in [7, 11) is 0. The largest absolute Gasteiger partial charge is 0.489 e. The van der Waals surface area contributed by atoms with Crippen LogP contribution in [-0.4, -0.2) is 27.2 Å². The van der Waals surface area contributed by atoms with Gasteiger partial charge in [0, 0.05) is 40.9 Å². The van der Waals surface area contributed by atoms with Gasteiger partial charge < -0.3 is 25.9 Å². The van der Waals surface area contributed by atoms with E-state index in [-0.39, 0.29) is 30.4 Å². The number of aliphatic hydroxyl groups is 1. The van der Waals surface area contributed by atoms with E-state index < -0.39 is 6.10 Å². The number of H-pyrrole nitrogens is 1. The van der Waals surface area contributed by atoms with Crippen LogP contribution in [0.1, 0.15) is 36.6 Å². The summed E-state index contributed by atoms with van der Waals surface area (Å²) in [6.45, 7) is 5.23. The first-order valence-electron chi connectivity index (χ1n) is 10.8. The number of β-amino-alcohol motifs (C(OH)–C–C–N with tert-alkyl or cyclic N) is 1. The maximum Gasteiger partial charge on any atom is 0.123 e. The third kappa shape index (κ3) is 7.11. The Balaban J connectivity index is 0.00000204. The van der Waals surface area contributed by atoms with E-state index in [2.05, 4.69) is 59.6 Å². The first-order chi connectivity index (χ1) is 15.4. The number of pyridine rings is 1. The van der Waals surface area contributed by atoms with Crippen LogP contribution in [0.5, 0.6) is 5.75 Å². The van der Waals surface area contributed by atoms with Gasteiger partial charge in [-0.3, -0.25) is 0 Å². The highest BCUT2D eigenvalue weighted by atomic mass is 35.5. The number of rotatable bonds is 9. The number of nitrogen functional groups attached to an aromatic ring is 1. The van der Waals surface area contributed by atoms with E-state index >= 15 is 0 Å². The summed E-state index contributed by atoms with van der Waals surface area (Å²) in [6.07, 6.45) is 3.81. The van der Waals surface area contributed by atoms with Crippen molar-refractivity contribution in [3.8, 4) is 5.75 Å². The lowest BCUT2D eigenvalue weighted by atomic mass is 9.94. The molecular formula is C26H32Cl2N4O2. The van der Waals surface area contributed by atoms with Gasteiger partial charge in [0.25, 0.3) is 0 Å². The Bertz CT molecular complexity index is 1160. The Morgan fingerprint density at radius 3 is 2.56 bits per heavy atom. The van der Waals surface area contributed by atoms with Crippen LogP contribution < -0.4 is 15.8 Å². The summed E-state index contributed by atoms with van der Waals surface area (Å²) in [5.41, 5.74) is 9.57. The van der Waals surface area contributed by atoms with Crippen LogP contribution in [0.25, 0.3) is 10.9 Å². The van der Waals surface area contributed by atoms with Gasteiger partial charge in [-0.25, -0.2) is 4.98 Å². The standard InChI is InChI=1S/C26H30N4O2.2ClH/c1-26(2,30-16-24(31)19-8-11-25(27)29-14-19)13-20-15-28-23-10-9-21(12-22(20)23)32-17-18-6-4-3-5-7-18;;/h3-12,14-15,24,28,30-31H,13,16-17H2,1-2H3,(H2,27,29);2*1H/t24-;;/m0../s1. The molecule has 0 radical (unpaired) electrons. The van der Waals surface area contributed by atoms with Crippen LogP contribution in [0.4, 0.5) is 5.82 Å². The first-order valence-corrected chi connectivity index (χ1v) is 10.8. The number of aliphatic hydroxyl groups excluding tert-OH is 1. The van der Waals surface area contributed by atoms with Crippen molar-refractivity contribution >= 4 is 41.5 Å². The van der Waals surface area contributed by atoms with Crippen molar-refractivity contribution in [3.63, 3.8) is 0 Å². The number of halogens is 2. The predicted molar refractivity (Wildman–Crippen MR) is 143 cm³/mol. The average molecular weight is 503 g/mol. The molecule has 0 aliphatic heterocycles. The number of fused-ring (bicyclic) bond motifs is 1. The van der Waals surface area contributed by atoms with Crippen LogP contribution in [0, 0.1) is 0 Å². The van der Waals surface area contributed by atoms with Crippen LogP contribution in [0.3, 0.4) is 0 Å². The van der Waals surface area contributed by atoms with E-state index in [1.807, 2.05) is 24.3 Å². The third-order valence-electron chi connectivity index (χ3n) is 5.59. The molecule has 1 atom stereocenters. The fourth-order valence-electron chi connectivity index (χ4n) is 3.78. The van der Waals surface area contributed by atoms with E-state index in [1.54, 1.807) is 18.3 Å². The minimum Gasteiger partial charge on any atom is -0.489 e. The zero-order chi connectivity index (χ0) is 22.6. The number of aromatic nitrogens is 2. The molecule has 2 aromatic carbocycles. The van der Waals surface area contributed by atoms with Crippen molar-refractivity contribution in [1.29, 1.82) is 0 Å². The van der Waals surface area contributed by atoms with Gasteiger partial charge in [-0.1, -0.05) is 36.4 Å². The van der Waals surface area contributed by atoms with Gasteiger partial charge in [-0.2, -0.15) is 0 Å². The van der Waals surface area contributed by atoms with E-state index in [0.717, 1.165) is 34.2 Å². The lowest BCUT2D eigenvalue weighted by Crippen LogP contribution is -2.43. The zero-order valence-electron chi connectivity index (χ0n) is 19.3. The number of hydrogen-bond acceptors (Lipinski definition) is 5. The number of ether oxygens (including phenoxy) is 1. The first kappa shape index (κ1) is 27.5. The van der Waals surface area contributed by atoms with Crippen LogP contribution in [0.2, 0.25) is 0 Å². The number of hydrogen-bond donors (Lipinski definition) is 4. The lowest BCUT2D eigenvalue weighted by molar-refractivity contribution is 0.160. The molecule has 0 aliphatic carbocycles. The van der Waals surface area contributed by atoms with Crippen molar-refractivity contribution in [2.45, 2.75) is 38.5 Å². The number of nitrogens with zero attached hydrogens (tertiary/aromatic N) is 1. The lowest BCUT2D eigenvalue weighted by Gasteiger charge is -2.28. The number of nitrogens with two attached hydrogens (primary N) is 1. The predicted octanol–water partition coefficient (Wildman–Crippen LogP) is 5.21. The molecule has 0 aliphatic rings. The molecule has 5 N–H and O–H groups in total. The number of anilines is 1. The normalized spacial score (nSPS) is 12.0. The quantitative estimate of drug-likeness (QED) is 0.252. The van der Waals surface area contributed by atoms with Gasteiger partial charge in [0.1, 0.15) is 18.2 Å². The molecule has 0 amide bonds. The maximum atomic E-state index is 10.5. The second kappa shape index (κ2) is 12.1. The highest BCUT2D eigenvalue weighted by Gasteiger charge is 2.22. The Labute approximate surface area is 212 Å². The fraction of sp³-hybridized carbons (Fsp3) is 0.269. The number of aromatic amines is 1. The summed E-state index contributed by atoms with van der Waals surface area (Å²) in [5, 5.41) is 15.1. The number of nitrogens with one attached hydrogen (secondary N) is 2. The van der Waals surface area contributed by atoms with E-state index in [1.165, 1.54) is 5.56 Å². The van der Waals surface area contributed by atoms with E-state index in [0.29, 0.717) is 19.0 Å². The molecule has 0 spiro atoms. The molecule has 8 heteroatoms. The van der Waals surface area contributed by atoms with E-state index in [9.17, 15) is 5.11 Å². The summed E-state index contributed by atoms with van der Waals surface area (Å²) >= 11 is 0. The fourth-order valence-corrected chi connectivity index (χ4v) is 3.78. The smallest absolute Gasteiger partial charge is 0.123 e. The third-order valence-corrected chi connectivity index (χ3v) is 5.59. The minimum absolute atomic E-state index is 0. The average Bonchev–Trinajstić information content (AvgIpc) is 3.18. The topological polar surface area (TPSA) is 96.2 Å². The van der Waals surface area contributed by atoms with Crippen LogP contribution >= 0.6 is 24.8 Å². The van der Waals surface area contributed by atoms with Crippen molar-refractivity contribution in [2.75, 3.05) is 12.3 Å². The highest BCUT2D eigenvalue weighted by Crippen LogP contribution is 2.27. The van der Waals surface area contributed by atoms with Crippen molar-refractivity contribution in [1.82, 2.24) is 15.3 Å². The molecule has 4 aromatic rings. The zero-order valence-corrected chi connectivity index (χ0v) is 21.0. The number of benzene rings is 2. The summed E-state index contributed by atoms with van der Waals surface area (Å²) in [5.74, 6) is 1.29. The SMILES string of the molecule is CC(C)(Cc1c[nH]c2ccc(OCc3ccccc3)cc12)NC[C@H](O)c1ccc(N)nc1.Cl.Cl. The molecule has 2 aromatic heterocycles. The van der Waals surface area contributed by atoms with Gasteiger partial charge in [0.05, 0.1) is 6.10 Å². The highest BCUT2D eigenvalue weighted by molar-refractivity contribution is 5.86. The molecule has 182 valence electrons. The summed E-state index contributed by atoms with van der Waals surface area (Å²) in [4.78, 5) is 7.41. The summed E-state index contributed by atoms with van der Waals surface area (Å²) < 4.78 is 6.01. The molecule has 0 saturated carbocycles. The van der Waals surface area contributed by atoms with Gasteiger partial charge in [0.15, 0.2) is 0 Å². The van der Waals surface area contributed by atoms with Gasteiger partial charge in [0.2, 0.25) is 0 Å². The molecule has 4 rings (SSSR count). The Kier molecular flexibility index (Phi) is 9.77. The second-order valence-electron chi connectivity index (χ2n) is 8.77. The van der Waals surface area contributed by atoms with Gasteiger partial charge >= 0.3 is 0 Å². The molecule has 0 saturated heterocycles. The van der Waals surface area contributed by atoms with Crippen molar-refractivity contribution in [2.24, 2.45) is 0 Å². The molecular weight excluding hydrogens is 471 g/mol. The van der Waals surface area contributed by atoms with Crippen molar-refractivity contribution < 1.29 is 9.84 Å². The second-order valence-corrected chi connectivity index (χ2v) is 8.77. The molecule has 2 heterocycles. The minimum atomic E-state index is -0.650. The van der Waals surface area contributed by atoms with Crippen LogP contribution in [0.15, 0.2) is 73.1 Å². The monoisotopic (exact) mass is 502 g/mol. The molecule has 6 nitrogen and oxygen atoms in total. The molecule has 0 fully saturated rings.